The molecule has 1 saturated heterocycles. The Morgan fingerprint density at radius 2 is 1.43 bits per heavy atom. The number of allylic oxidation sites excluding steroid dienone is 2. The zero-order valence-electron chi connectivity index (χ0n) is 16.9. The Bertz CT molecular complexity index is 495. The molecule has 0 aromatic heterocycles. The zero-order chi connectivity index (χ0) is 20.1. The average Bonchev–Trinajstić information content (AvgIpc) is 2.68. The van der Waals surface area contributed by atoms with Crippen LogP contribution >= 0.6 is 0 Å². The number of hydrogen-bond donors (Lipinski definition) is 0. The van der Waals surface area contributed by atoms with Crippen LogP contribution in [0.4, 0.5) is 17.6 Å². The Kier molecular flexibility index (Phi) is 7.82. The highest BCUT2D eigenvalue weighted by molar-refractivity contribution is 5.03. The molecule has 3 aliphatic rings. The van der Waals surface area contributed by atoms with E-state index < -0.39 is 17.9 Å². The van der Waals surface area contributed by atoms with Crippen LogP contribution in [0.15, 0.2) is 11.9 Å². The Morgan fingerprint density at radius 1 is 0.857 bits per heavy atom. The van der Waals surface area contributed by atoms with Crippen LogP contribution in [0.3, 0.4) is 0 Å². The van der Waals surface area contributed by atoms with Crippen molar-refractivity contribution in [2.75, 3.05) is 13.2 Å². The zero-order valence-corrected chi connectivity index (χ0v) is 16.9. The van der Waals surface area contributed by atoms with Crippen molar-refractivity contribution in [3.8, 4) is 0 Å². The van der Waals surface area contributed by atoms with Gasteiger partial charge >= 0.3 is 6.18 Å². The van der Waals surface area contributed by atoms with E-state index in [2.05, 4.69) is 6.92 Å². The van der Waals surface area contributed by atoms with Crippen molar-refractivity contribution < 1.29 is 27.0 Å². The molecule has 2 aliphatic carbocycles. The molecule has 0 aromatic carbocycles. The van der Waals surface area contributed by atoms with E-state index in [0.29, 0.717) is 37.5 Å². The van der Waals surface area contributed by atoms with Crippen molar-refractivity contribution in [1.82, 2.24) is 0 Å². The fourth-order valence-corrected chi connectivity index (χ4v) is 5.38. The highest BCUT2D eigenvalue weighted by Crippen LogP contribution is 2.41. The maximum atomic E-state index is 13.8. The second kappa shape index (κ2) is 9.92. The van der Waals surface area contributed by atoms with Crippen LogP contribution in [0, 0.1) is 29.6 Å². The van der Waals surface area contributed by atoms with Gasteiger partial charge in [-0.05, 0) is 50.4 Å². The first-order valence-electron chi connectivity index (χ1n) is 11.0. The molecule has 3 rings (SSSR count). The Labute approximate surface area is 166 Å². The molecule has 0 amide bonds. The predicted molar refractivity (Wildman–Crippen MR) is 100 cm³/mol. The molecular weight excluding hydrogens is 372 g/mol. The summed E-state index contributed by atoms with van der Waals surface area (Å²) in [5.74, 6) is 0.550. The lowest BCUT2D eigenvalue weighted by molar-refractivity contribution is -0.237. The topological polar surface area (TPSA) is 18.5 Å². The SMILES string of the molecule is CCCC1CCC(C2COC(C3CCC(C(F)=CC(F)(F)F)CC3)OC2)CC1. The van der Waals surface area contributed by atoms with Gasteiger partial charge < -0.3 is 9.47 Å². The summed E-state index contributed by atoms with van der Waals surface area (Å²) in [6, 6.07) is 0. The molecule has 1 aliphatic heterocycles. The van der Waals surface area contributed by atoms with E-state index in [9.17, 15) is 17.6 Å². The lowest BCUT2D eigenvalue weighted by atomic mass is 9.74. The van der Waals surface area contributed by atoms with E-state index in [-0.39, 0.29) is 18.3 Å². The van der Waals surface area contributed by atoms with Gasteiger partial charge in [-0.25, -0.2) is 4.39 Å². The van der Waals surface area contributed by atoms with E-state index in [1.807, 2.05) is 0 Å². The minimum absolute atomic E-state index is 0.163. The van der Waals surface area contributed by atoms with Gasteiger partial charge in [-0.2, -0.15) is 13.2 Å². The number of ether oxygens (including phenoxy) is 2. The fraction of sp³-hybridized carbons (Fsp3) is 0.909. The summed E-state index contributed by atoms with van der Waals surface area (Å²) in [5.41, 5.74) is 0. The van der Waals surface area contributed by atoms with Crippen LogP contribution in [0.5, 0.6) is 0 Å². The summed E-state index contributed by atoms with van der Waals surface area (Å²) in [5, 5.41) is 0. The number of hydrogen-bond acceptors (Lipinski definition) is 2. The van der Waals surface area contributed by atoms with Crippen molar-refractivity contribution in [2.45, 2.75) is 83.6 Å². The first-order chi connectivity index (χ1) is 13.4. The lowest BCUT2D eigenvalue weighted by Gasteiger charge is -2.41. The highest BCUT2D eigenvalue weighted by Gasteiger charge is 2.37. The second-order valence-corrected chi connectivity index (χ2v) is 9.05. The third-order valence-corrected chi connectivity index (χ3v) is 7.05. The Hall–Kier alpha value is -0.620. The van der Waals surface area contributed by atoms with Crippen molar-refractivity contribution >= 4 is 0 Å². The molecule has 2 saturated carbocycles. The molecule has 0 N–H and O–H groups in total. The van der Waals surface area contributed by atoms with Gasteiger partial charge in [0.25, 0.3) is 0 Å². The van der Waals surface area contributed by atoms with Crippen molar-refractivity contribution in [1.29, 1.82) is 0 Å². The first-order valence-corrected chi connectivity index (χ1v) is 11.0. The summed E-state index contributed by atoms with van der Waals surface area (Å²) in [4.78, 5) is 0. The fourth-order valence-electron chi connectivity index (χ4n) is 5.38. The smallest absolute Gasteiger partial charge is 0.352 e. The van der Waals surface area contributed by atoms with E-state index in [1.165, 1.54) is 38.5 Å². The maximum absolute atomic E-state index is 13.8. The largest absolute Gasteiger partial charge is 0.412 e. The summed E-state index contributed by atoms with van der Waals surface area (Å²) < 4.78 is 62.8. The quantitative estimate of drug-likeness (QED) is 0.467. The number of rotatable bonds is 5. The molecule has 28 heavy (non-hydrogen) atoms. The van der Waals surface area contributed by atoms with Crippen molar-refractivity contribution in [3.63, 3.8) is 0 Å². The van der Waals surface area contributed by atoms with E-state index in [1.54, 1.807) is 0 Å². The van der Waals surface area contributed by atoms with Crippen molar-refractivity contribution in [3.05, 3.63) is 11.9 Å². The summed E-state index contributed by atoms with van der Waals surface area (Å²) in [6.45, 7) is 3.69. The van der Waals surface area contributed by atoms with Crippen molar-refractivity contribution in [2.24, 2.45) is 29.6 Å². The van der Waals surface area contributed by atoms with Gasteiger partial charge in [-0.15, -0.1) is 0 Å². The van der Waals surface area contributed by atoms with E-state index >= 15 is 0 Å². The van der Waals surface area contributed by atoms with Crippen LogP contribution in [0.25, 0.3) is 0 Å². The molecule has 2 nitrogen and oxygen atoms in total. The van der Waals surface area contributed by atoms with Crippen LogP contribution < -0.4 is 0 Å². The lowest BCUT2D eigenvalue weighted by Crippen LogP contribution is -2.41. The molecular formula is C22H34F4O2. The summed E-state index contributed by atoms with van der Waals surface area (Å²) >= 11 is 0. The normalized spacial score (nSPS) is 38.4. The number of halogens is 4. The molecule has 0 atom stereocenters. The van der Waals surface area contributed by atoms with E-state index in [0.717, 1.165) is 19.1 Å². The molecule has 6 heteroatoms. The van der Waals surface area contributed by atoms with Gasteiger partial charge in [0.1, 0.15) is 5.83 Å². The number of alkyl halides is 3. The van der Waals surface area contributed by atoms with Gasteiger partial charge in [0.2, 0.25) is 0 Å². The Balaban J connectivity index is 1.39. The molecule has 0 unspecified atom stereocenters. The van der Waals surface area contributed by atoms with Gasteiger partial charge in [-0.3, -0.25) is 0 Å². The summed E-state index contributed by atoms with van der Waals surface area (Å²) in [6.07, 6.45) is 4.90. The Morgan fingerprint density at radius 3 is 1.96 bits per heavy atom. The predicted octanol–water partition coefficient (Wildman–Crippen LogP) is 6.80. The highest BCUT2D eigenvalue weighted by atomic mass is 19.4. The van der Waals surface area contributed by atoms with Gasteiger partial charge in [-0.1, -0.05) is 32.6 Å². The molecule has 0 aromatic rings. The minimum atomic E-state index is -4.58. The molecule has 1 heterocycles. The molecule has 162 valence electrons. The third kappa shape index (κ3) is 6.19. The first kappa shape index (κ1) is 22.1. The van der Waals surface area contributed by atoms with Gasteiger partial charge in [0, 0.05) is 17.8 Å². The average molecular weight is 407 g/mol. The standard InChI is InChI=1S/C22H34F4O2/c1-2-3-15-4-6-16(7-5-15)19-13-27-21(28-14-19)18-10-8-17(9-11-18)20(23)12-22(24,25)26/h12,15-19,21H,2-11,13-14H2,1H3. The van der Waals surface area contributed by atoms with E-state index in [4.69, 9.17) is 9.47 Å². The molecule has 3 fully saturated rings. The second-order valence-electron chi connectivity index (χ2n) is 9.05. The van der Waals surface area contributed by atoms with Crippen LogP contribution in [-0.2, 0) is 9.47 Å². The van der Waals surface area contributed by atoms with Crippen LogP contribution in [-0.4, -0.2) is 25.7 Å². The monoisotopic (exact) mass is 406 g/mol. The molecule has 0 bridgehead atoms. The molecule has 0 radical (unpaired) electrons. The van der Waals surface area contributed by atoms with Gasteiger partial charge in [0.15, 0.2) is 6.29 Å². The van der Waals surface area contributed by atoms with Gasteiger partial charge in [0.05, 0.1) is 19.3 Å². The third-order valence-electron chi connectivity index (χ3n) is 7.05. The maximum Gasteiger partial charge on any atom is 0.412 e. The van der Waals surface area contributed by atoms with Crippen LogP contribution in [0.1, 0.15) is 71.1 Å². The molecule has 0 spiro atoms. The van der Waals surface area contributed by atoms with Crippen LogP contribution in [0.2, 0.25) is 0 Å². The minimum Gasteiger partial charge on any atom is -0.352 e. The summed E-state index contributed by atoms with van der Waals surface area (Å²) in [7, 11) is 0.